The standard InChI is InChI=1S/C14H14N4O2/c15-13-10-3-1-2-4-11(10)18-12(7-16-14(18)17-13)20-9-5-6-19-8-9/h1-4,7,9H,5-6,8H2,(H2,15,16,17). The van der Waals surface area contributed by atoms with Gasteiger partial charge in [-0.15, -0.1) is 0 Å². The predicted octanol–water partition coefficient (Wildman–Crippen LogP) is 1.63. The van der Waals surface area contributed by atoms with E-state index < -0.39 is 0 Å². The SMILES string of the molecule is Nc1nc2ncc(OC3CCOC3)n2c2ccccc12. The Morgan fingerprint density at radius 3 is 3.10 bits per heavy atom. The third-order valence-corrected chi connectivity index (χ3v) is 3.53. The molecule has 1 aromatic carbocycles. The number of aromatic nitrogens is 3. The van der Waals surface area contributed by atoms with Crippen LogP contribution in [-0.4, -0.2) is 33.7 Å². The van der Waals surface area contributed by atoms with Gasteiger partial charge in [-0.1, -0.05) is 12.1 Å². The van der Waals surface area contributed by atoms with Crippen molar-refractivity contribution in [3.63, 3.8) is 0 Å². The minimum absolute atomic E-state index is 0.0752. The van der Waals surface area contributed by atoms with E-state index in [9.17, 15) is 0 Å². The average molecular weight is 270 g/mol. The highest BCUT2D eigenvalue weighted by Crippen LogP contribution is 2.26. The second-order valence-electron chi connectivity index (χ2n) is 4.85. The summed E-state index contributed by atoms with van der Waals surface area (Å²) in [5, 5.41) is 0.894. The fourth-order valence-electron chi connectivity index (χ4n) is 2.55. The fourth-order valence-corrected chi connectivity index (χ4v) is 2.55. The molecule has 20 heavy (non-hydrogen) atoms. The van der Waals surface area contributed by atoms with Gasteiger partial charge in [-0.25, -0.2) is 9.38 Å². The summed E-state index contributed by atoms with van der Waals surface area (Å²) < 4.78 is 13.2. The Morgan fingerprint density at radius 1 is 1.35 bits per heavy atom. The van der Waals surface area contributed by atoms with Crippen LogP contribution in [-0.2, 0) is 4.74 Å². The molecule has 0 aliphatic carbocycles. The van der Waals surface area contributed by atoms with Gasteiger partial charge < -0.3 is 15.2 Å². The van der Waals surface area contributed by atoms with Crippen molar-refractivity contribution in [3.05, 3.63) is 30.5 Å². The van der Waals surface area contributed by atoms with Gasteiger partial charge in [0.15, 0.2) is 0 Å². The summed E-state index contributed by atoms with van der Waals surface area (Å²) in [6, 6.07) is 7.83. The maximum atomic E-state index is 5.97. The van der Waals surface area contributed by atoms with Crippen LogP contribution in [0.4, 0.5) is 5.82 Å². The molecule has 1 aliphatic heterocycles. The predicted molar refractivity (Wildman–Crippen MR) is 74.8 cm³/mol. The molecule has 0 amide bonds. The first kappa shape index (κ1) is 11.5. The van der Waals surface area contributed by atoms with Gasteiger partial charge in [-0.3, -0.25) is 0 Å². The minimum Gasteiger partial charge on any atom is -0.472 e. The molecule has 0 bridgehead atoms. The van der Waals surface area contributed by atoms with Gasteiger partial charge in [0.05, 0.1) is 24.9 Å². The van der Waals surface area contributed by atoms with Crippen LogP contribution in [0.25, 0.3) is 16.7 Å². The van der Waals surface area contributed by atoms with E-state index >= 15 is 0 Å². The number of hydrogen-bond donors (Lipinski definition) is 1. The number of nitrogens with two attached hydrogens (primary N) is 1. The van der Waals surface area contributed by atoms with Crippen LogP contribution in [0.3, 0.4) is 0 Å². The molecule has 2 aromatic heterocycles. The Labute approximate surface area is 115 Å². The summed E-state index contributed by atoms with van der Waals surface area (Å²) in [6.07, 6.45) is 2.66. The van der Waals surface area contributed by atoms with Gasteiger partial charge in [0.2, 0.25) is 11.7 Å². The van der Waals surface area contributed by atoms with Crippen molar-refractivity contribution in [2.75, 3.05) is 18.9 Å². The van der Waals surface area contributed by atoms with Gasteiger partial charge in [-0.05, 0) is 12.1 Å². The van der Waals surface area contributed by atoms with Crippen LogP contribution < -0.4 is 10.5 Å². The number of rotatable bonds is 2. The topological polar surface area (TPSA) is 74.7 Å². The average Bonchev–Trinajstić information content (AvgIpc) is 3.10. The van der Waals surface area contributed by atoms with Crippen molar-refractivity contribution < 1.29 is 9.47 Å². The quantitative estimate of drug-likeness (QED) is 0.766. The van der Waals surface area contributed by atoms with Crippen LogP contribution in [0.5, 0.6) is 5.88 Å². The fraction of sp³-hybridized carbons (Fsp3) is 0.286. The normalized spacial score (nSPS) is 18.9. The van der Waals surface area contributed by atoms with Gasteiger partial charge in [-0.2, -0.15) is 4.98 Å². The zero-order chi connectivity index (χ0) is 13.5. The van der Waals surface area contributed by atoms with E-state index in [1.54, 1.807) is 6.20 Å². The number of ether oxygens (including phenoxy) is 2. The maximum absolute atomic E-state index is 5.97. The lowest BCUT2D eigenvalue weighted by molar-refractivity contribution is 0.137. The van der Waals surface area contributed by atoms with Crippen molar-refractivity contribution in [2.45, 2.75) is 12.5 Å². The highest BCUT2D eigenvalue weighted by molar-refractivity contribution is 5.90. The van der Waals surface area contributed by atoms with Gasteiger partial charge >= 0.3 is 0 Å². The lowest BCUT2D eigenvalue weighted by Crippen LogP contribution is -2.16. The molecule has 6 nitrogen and oxygen atoms in total. The van der Waals surface area contributed by atoms with E-state index in [0.717, 1.165) is 23.9 Å². The van der Waals surface area contributed by atoms with E-state index in [-0.39, 0.29) is 6.10 Å². The third kappa shape index (κ3) is 1.69. The molecule has 102 valence electrons. The van der Waals surface area contributed by atoms with Crippen LogP contribution >= 0.6 is 0 Å². The van der Waals surface area contributed by atoms with Gasteiger partial charge in [0, 0.05) is 11.8 Å². The molecular weight excluding hydrogens is 256 g/mol. The van der Waals surface area contributed by atoms with Crippen LogP contribution in [0, 0.1) is 0 Å². The molecule has 0 radical (unpaired) electrons. The molecule has 1 unspecified atom stereocenters. The van der Waals surface area contributed by atoms with Crippen molar-refractivity contribution >= 4 is 22.5 Å². The molecule has 1 atom stereocenters. The van der Waals surface area contributed by atoms with E-state index in [1.807, 2.05) is 28.7 Å². The summed E-state index contributed by atoms with van der Waals surface area (Å²) in [6.45, 7) is 1.36. The monoisotopic (exact) mass is 270 g/mol. The highest BCUT2D eigenvalue weighted by atomic mass is 16.5. The number of fused-ring (bicyclic) bond motifs is 3. The molecule has 1 saturated heterocycles. The number of anilines is 1. The molecule has 6 heteroatoms. The maximum Gasteiger partial charge on any atom is 0.239 e. The van der Waals surface area contributed by atoms with Crippen molar-refractivity contribution in [3.8, 4) is 5.88 Å². The molecule has 1 aliphatic rings. The Hall–Kier alpha value is -2.34. The van der Waals surface area contributed by atoms with E-state index in [4.69, 9.17) is 15.2 Å². The third-order valence-electron chi connectivity index (χ3n) is 3.53. The van der Waals surface area contributed by atoms with Crippen molar-refractivity contribution in [2.24, 2.45) is 0 Å². The number of nitrogens with zero attached hydrogens (tertiary/aromatic N) is 3. The zero-order valence-corrected chi connectivity index (χ0v) is 10.8. The molecule has 3 aromatic rings. The highest BCUT2D eigenvalue weighted by Gasteiger charge is 2.20. The number of benzene rings is 1. The van der Waals surface area contributed by atoms with Crippen LogP contribution in [0.15, 0.2) is 30.5 Å². The summed E-state index contributed by atoms with van der Waals surface area (Å²) in [7, 11) is 0. The Morgan fingerprint density at radius 2 is 2.25 bits per heavy atom. The molecular formula is C14H14N4O2. The summed E-state index contributed by atoms with van der Waals surface area (Å²) in [5.41, 5.74) is 6.92. The lowest BCUT2D eigenvalue weighted by Gasteiger charge is -2.12. The van der Waals surface area contributed by atoms with Crippen molar-refractivity contribution in [1.29, 1.82) is 0 Å². The minimum atomic E-state index is 0.0752. The first-order valence-corrected chi connectivity index (χ1v) is 6.59. The number of nitrogen functional groups attached to an aromatic ring is 1. The Bertz CT molecular complexity index is 777. The lowest BCUT2D eigenvalue weighted by atomic mass is 10.2. The molecule has 0 spiro atoms. The van der Waals surface area contributed by atoms with E-state index in [1.165, 1.54) is 0 Å². The van der Waals surface area contributed by atoms with Crippen LogP contribution in [0.1, 0.15) is 6.42 Å². The molecule has 0 saturated carbocycles. The summed E-state index contributed by atoms with van der Waals surface area (Å²) in [5.74, 6) is 1.71. The molecule has 1 fully saturated rings. The molecule has 3 heterocycles. The molecule has 2 N–H and O–H groups in total. The molecule has 4 rings (SSSR count). The Kier molecular flexibility index (Phi) is 2.50. The van der Waals surface area contributed by atoms with E-state index in [2.05, 4.69) is 9.97 Å². The second-order valence-corrected chi connectivity index (χ2v) is 4.85. The number of imidazole rings is 1. The number of hydrogen-bond acceptors (Lipinski definition) is 5. The largest absolute Gasteiger partial charge is 0.472 e. The Balaban J connectivity index is 1.91. The summed E-state index contributed by atoms with van der Waals surface area (Å²) in [4.78, 5) is 8.60. The van der Waals surface area contributed by atoms with Crippen molar-refractivity contribution in [1.82, 2.24) is 14.4 Å². The zero-order valence-electron chi connectivity index (χ0n) is 10.8. The smallest absolute Gasteiger partial charge is 0.239 e. The van der Waals surface area contributed by atoms with E-state index in [0.29, 0.717) is 24.1 Å². The van der Waals surface area contributed by atoms with Crippen LogP contribution in [0.2, 0.25) is 0 Å². The number of para-hydroxylation sites is 1. The van der Waals surface area contributed by atoms with Gasteiger partial charge in [0.25, 0.3) is 0 Å². The second kappa shape index (κ2) is 4.35. The van der Waals surface area contributed by atoms with Gasteiger partial charge in [0.1, 0.15) is 11.9 Å². The summed E-state index contributed by atoms with van der Waals surface area (Å²) >= 11 is 0. The first-order valence-electron chi connectivity index (χ1n) is 6.59. The first-order chi connectivity index (χ1) is 9.83.